The summed E-state index contributed by atoms with van der Waals surface area (Å²) in [4.78, 5) is 5.69. The minimum absolute atomic E-state index is 0.351. The van der Waals surface area contributed by atoms with Crippen LogP contribution in [0.2, 0.25) is 0 Å². The maximum atomic E-state index is 4.34. The van der Waals surface area contributed by atoms with Gasteiger partial charge < -0.3 is 5.32 Å². The Labute approximate surface area is 119 Å². The predicted octanol–water partition coefficient (Wildman–Crippen LogP) is 4.64. The van der Waals surface area contributed by atoms with Gasteiger partial charge in [-0.2, -0.15) is 0 Å². The van der Waals surface area contributed by atoms with Crippen molar-refractivity contribution >= 4 is 11.3 Å². The summed E-state index contributed by atoms with van der Waals surface area (Å²) >= 11 is 1.74. The number of hydrogen-bond donors (Lipinski definition) is 1. The van der Waals surface area contributed by atoms with Crippen molar-refractivity contribution in [2.24, 2.45) is 0 Å². The SMILES string of the molecule is CCCC(NC(C)c1scnc1C)c1ccccc1. The van der Waals surface area contributed by atoms with Crippen LogP contribution in [0.25, 0.3) is 0 Å². The molecule has 0 amide bonds. The highest BCUT2D eigenvalue weighted by Gasteiger charge is 2.17. The van der Waals surface area contributed by atoms with Crippen molar-refractivity contribution in [1.29, 1.82) is 0 Å². The zero-order valence-electron chi connectivity index (χ0n) is 11.9. The Bertz CT molecular complexity index is 492. The van der Waals surface area contributed by atoms with E-state index in [1.54, 1.807) is 11.3 Å². The van der Waals surface area contributed by atoms with E-state index in [1.807, 2.05) is 5.51 Å². The van der Waals surface area contributed by atoms with Crippen LogP contribution >= 0.6 is 11.3 Å². The van der Waals surface area contributed by atoms with Crippen LogP contribution in [0.1, 0.15) is 54.9 Å². The largest absolute Gasteiger partial charge is 0.303 e. The highest BCUT2D eigenvalue weighted by Crippen LogP contribution is 2.26. The Balaban J connectivity index is 2.11. The van der Waals surface area contributed by atoms with Crippen molar-refractivity contribution < 1.29 is 0 Å². The van der Waals surface area contributed by atoms with Crippen LogP contribution in [0.5, 0.6) is 0 Å². The normalized spacial score (nSPS) is 14.3. The molecular formula is C16H22N2S. The molecular weight excluding hydrogens is 252 g/mol. The van der Waals surface area contributed by atoms with Crippen molar-refractivity contribution in [3.63, 3.8) is 0 Å². The highest BCUT2D eigenvalue weighted by molar-refractivity contribution is 7.09. The monoisotopic (exact) mass is 274 g/mol. The first-order valence-electron chi connectivity index (χ1n) is 6.93. The molecule has 0 bridgehead atoms. The second kappa shape index (κ2) is 6.83. The van der Waals surface area contributed by atoms with Gasteiger partial charge in [0.25, 0.3) is 0 Å². The summed E-state index contributed by atoms with van der Waals surface area (Å²) in [5, 5.41) is 3.75. The summed E-state index contributed by atoms with van der Waals surface area (Å²) in [5.41, 5.74) is 4.45. The lowest BCUT2D eigenvalue weighted by Gasteiger charge is -2.23. The van der Waals surface area contributed by atoms with Crippen LogP contribution in [0.4, 0.5) is 0 Å². The second-order valence-corrected chi connectivity index (χ2v) is 5.83. The van der Waals surface area contributed by atoms with Crippen LogP contribution in [0.3, 0.4) is 0 Å². The van der Waals surface area contributed by atoms with Gasteiger partial charge in [-0.3, -0.25) is 0 Å². The topological polar surface area (TPSA) is 24.9 Å². The Morgan fingerprint density at radius 3 is 2.58 bits per heavy atom. The van der Waals surface area contributed by atoms with Gasteiger partial charge in [0.1, 0.15) is 0 Å². The fraction of sp³-hybridized carbons (Fsp3) is 0.438. The molecule has 2 atom stereocenters. The first-order chi connectivity index (χ1) is 9.22. The fourth-order valence-corrected chi connectivity index (χ4v) is 3.24. The molecule has 0 aliphatic heterocycles. The second-order valence-electron chi connectivity index (χ2n) is 4.94. The van der Waals surface area contributed by atoms with E-state index in [0.717, 1.165) is 12.1 Å². The molecule has 3 heteroatoms. The molecule has 1 heterocycles. The van der Waals surface area contributed by atoms with E-state index >= 15 is 0 Å². The molecule has 0 fully saturated rings. The van der Waals surface area contributed by atoms with Crippen LogP contribution in [-0.4, -0.2) is 4.98 Å². The standard InChI is InChI=1S/C16H22N2S/c1-4-8-15(14-9-6-5-7-10-14)18-13(3)16-12(2)17-11-19-16/h5-7,9-11,13,15,18H,4,8H2,1-3H3. The first kappa shape index (κ1) is 14.2. The third-order valence-electron chi connectivity index (χ3n) is 3.41. The maximum Gasteiger partial charge on any atom is 0.0798 e. The van der Waals surface area contributed by atoms with Gasteiger partial charge in [0.15, 0.2) is 0 Å². The number of hydrogen-bond acceptors (Lipinski definition) is 3. The van der Waals surface area contributed by atoms with E-state index in [1.165, 1.54) is 16.9 Å². The molecule has 0 aliphatic carbocycles. The van der Waals surface area contributed by atoms with E-state index in [-0.39, 0.29) is 0 Å². The summed E-state index contributed by atoms with van der Waals surface area (Å²) < 4.78 is 0. The summed E-state index contributed by atoms with van der Waals surface area (Å²) in [6.07, 6.45) is 2.34. The van der Waals surface area contributed by atoms with Gasteiger partial charge in [-0.1, -0.05) is 43.7 Å². The molecule has 1 N–H and O–H groups in total. The first-order valence-corrected chi connectivity index (χ1v) is 7.81. The quantitative estimate of drug-likeness (QED) is 0.829. The molecule has 1 aromatic heterocycles. The van der Waals surface area contributed by atoms with Gasteiger partial charge in [0, 0.05) is 17.0 Å². The van der Waals surface area contributed by atoms with Gasteiger partial charge >= 0.3 is 0 Å². The Morgan fingerprint density at radius 1 is 1.26 bits per heavy atom. The zero-order valence-corrected chi connectivity index (χ0v) is 12.7. The van der Waals surface area contributed by atoms with Crippen LogP contribution < -0.4 is 5.32 Å². The van der Waals surface area contributed by atoms with Gasteiger partial charge in [-0.25, -0.2) is 4.98 Å². The molecule has 0 saturated carbocycles. The Hall–Kier alpha value is -1.19. The average molecular weight is 274 g/mol. The molecule has 0 spiro atoms. The van der Waals surface area contributed by atoms with E-state index in [4.69, 9.17) is 0 Å². The van der Waals surface area contributed by atoms with Crippen molar-refractivity contribution in [3.8, 4) is 0 Å². The lowest BCUT2D eigenvalue weighted by Crippen LogP contribution is -2.24. The number of nitrogens with one attached hydrogen (secondary N) is 1. The van der Waals surface area contributed by atoms with Crippen molar-refractivity contribution in [2.75, 3.05) is 0 Å². The van der Waals surface area contributed by atoms with E-state index in [2.05, 4.69) is 61.4 Å². The lowest BCUT2D eigenvalue weighted by molar-refractivity contribution is 0.442. The number of aryl methyl sites for hydroxylation is 1. The minimum Gasteiger partial charge on any atom is -0.303 e. The van der Waals surface area contributed by atoms with Crippen molar-refractivity contribution in [3.05, 3.63) is 52.0 Å². The summed E-state index contributed by atoms with van der Waals surface area (Å²) in [6, 6.07) is 11.5. The van der Waals surface area contributed by atoms with E-state index in [0.29, 0.717) is 12.1 Å². The number of aromatic nitrogens is 1. The number of thiazole rings is 1. The molecule has 2 unspecified atom stereocenters. The smallest absolute Gasteiger partial charge is 0.0798 e. The Morgan fingerprint density at radius 2 is 2.00 bits per heavy atom. The summed E-state index contributed by atoms with van der Waals surface area (Å²) in [7, 11) is 0. The van der Waals surface area contributed by atoms with Gasteiger partial charge in [-0.05, 0) is 25.8 Å². The van der Waals surface area contributed by atoms with E-state index < -0.39 is 0 Å². The van der Waals surface area contributed by atoms with Crippen LogP contribution in [-0.2, 0) is 0 Å². The molecule has 19 heavy (non-hydrogen) atoms. The molecule has 0 radical (unpaired) electrons. The fourth-order valence-electron chi connectivity index (χ4n) is 2.42. The van der Waals surface area contributed by atoms with Crippen molar-refractivity contribution in [2.45, 2.75) is 45.7 Å². The number of rotatable bonds is 6. The molecule has 0 aliphatic rings. The summed E-state index contributed by atoms with van der Waals surface area (Å²) in [5.74, 6) is 0. The average Bonchev–Trinajstić information content (AvgIpc) is 2.85. The van der Waals surface area contributed by atoms with Crippen LogP contribution in [0.15, 0.2) is 35.8 Å². The molecule has 102 valence electrons. The predicted molar refractivity (Wildman–Crippen MR) is 82.5 cm³/mol. The minimum atomic E-state index is 0.351. The van der Waals surface area contributed by atoms with E-state index in [9.17, 15) is 0 Å². The summed E-state index contributed by atoms with van der Waals surface area (Å²) in [6.45, 7) is 6.55. The molecule has 2 aromatic rings. The molecule has 2 rings (SSSR count). The molecule has 2 nitrogen and oxygen atoms in total. The number of nitrogens with zero attached hydrogens (tertiary/aromatic N) is 1. The molecule has 1 aromatic carbocycles. The van der Waals surface area contributed by atoms with Crippen molar-refractivity contribution in [1.82, 2.24) is 10.3 Å². The lowest BCUT2D eigenvalue weighted by atomic mass is 10.0. The third kappa shape index (κ3) is 3.64. The zero-order chi connectivity index (χ0) is 13.7. The Kier molecular flexibility index (Phi) is 5.11. The van der Waals surface area contributed by atoms with Gasteiger partial charge in [0.05, 0.1) is 11.2 Å². The van der Waals surface area contributed by atoms with Gasteiger partial charge in [-0.15, -0.1) is 11.3 Å². The van der Waals surface area contributed by atoms with Crippen LogP contribution in [0, 0.1) is 6.92 Å². The highest BCUT2D eigenvalue weighted by atomic mass is 32.1. The third-order valence-corrected chi connectivity index (χ3v) is 4.52. The number of benzene rings is 1. The van der Waals surface area contributed by atoms with Gasteiger partial charge in [0.2, 0.25) is 0 Å². The molecule has 0 saturated heterocycles. The maximum absolute atomic E-state index is 4.34.